The Morgan fingerprint density at radius 1 is 1.00 bits per heavy atom. The van der Waals surface area contributed by atoms with Crippen LogP contribution < -0.4 is 11.4 Å². The first kappa shape index (κ1) is 17.2. The maximum absolute atomic E-state index is 12.6. The fourth-order valence-electron chi connectivity index (χ4n) is 3.34. The molecule has 0 radical (unpaired) electrons. The van der Waals surface area contributed by atoms with Crippen molar-refractivity contribution in [3.8, 4) is 0 Å². The van der Waals surface area contributed by atoms with Crippen LogP contribution in [0.15, 0.2) is 29.1 Å². The maximum Gasteiger partial charge on any atom is 0.329 e. The minimum Gasteiger partial charge on any atom is -0.369 e. The van der Waals surface area contributed by atoms with E-state index in [1.54, 1.807) is 9.47 Å². The molecular formula is C17H23N5O3. The zero-order valence-electron chi connectivity index (χ0n) is 14.4. The summed E-state index contributed by atoms with van der Waals surface area (Å²) >= 11 is 0. The fraction of sp³-hybridized carbons (Fsp3) is 0.471. The zero-order valence-corrected chi connectivity index (χ0v) is 14.4. The van der Waals surface area contributed by atoms with Crippen LogP contribution in [0.2, 0.25) is 0 Å². The van der Waals surface area contributed by atoms with Gasteiger partial charge in [-0.15, -0.1) is 0 Å². The fourth-order valence-corrected chi connectivity index (χ4v) is 3.34. The second-order valence-corrected chi connectivity index (χ2v) is 6.22. The first-order valence-electron chi connectivity index (χ1n) is 8.47. The number of carbonyl (C=O) groups is 2. The van der Waals surface area contributed by atoms with Crippen molar-refractivity contribution in [1.29, 1.82) is 0 Å². The molecule has 0 bridgehead atoms. The summed E-state index contributed by atoms with van der Waals surface area (Å²) in [6.45, 7) is 5.01. The van der Waals surface area contributed by atoms with Gasteiger partial charge in [-0.05, 0) is 19.1 Å². The van der Waals surface area contributed by atoms with E-state index < -0.39 is 0 Å². The van der Waals surface area contributed by atoms with Gasteiger partial charge in [0.1, 0.15) is 6.54 Å². The Bertz CT molecular complexity index is 846. The molecule has 1 aliphatic rings. The quantitative estimate of drug-likeness (QED) is 0.787. The highest BCUT2D eigenvalue weighted by molar-refractivity contribution is 5.81. The molecule has 2 heterocycles. The molecule has 0 atom stereocenters. The summed E-state index contributed by atoms with van der Waals surface area (Å²) in [6.07, 6.45) is 0. The van der Waals surface area contributed by atoms with Gasteiger partial charge in [0.15, 0.2) is 0 Å². The third-order valence-electron chi connectivity index (χ3n) is 4.64. The first-order valence-corrected chi connectivity index (χ1v) is 8.47. The Balaban J connectivity index is 1.74. The number of carbonyl (C=O) groups excluding carboxylic acids is 2. The first-order chi connectivity index (χ1) is 12.0. The highest BCUT2D eigenvalue weighted by Crippen LogP contribution is 2.13. The maximum atomic E-state index is 12.6. The number of imidazole rings is 1. The van der Waals surface area contributed by atoms with Crippen molar-refractivity contribution < 1.29 is 9.59 Å². The molecule has 1 fully saturated rings. The topological polar surface area (TPSA) is 93.6 Å². The average Bonchev–Trinajstić information content (AvgIpc) is 2.86. The van der Waals surface area contributed by atoms with Crippen molar-refractivity contribution in [2.75, 3.05) is 32.7 Å². The third kappa shape index (κ3) is 3.43. The third-order valence-corrected chi connectivity index (χ3v) is 4.64. The number of hydrogen-bond donors (Lipinski definition) is 1. The SMILES string of the molecule is CCn1c(=O)n(CC(=O)N2CCN(CC(N)=O)CC2)c2ccccc21. The van der Waals surface area contributed by atoms with Crippen LogP contribution in [-0.4, -0.2) is 63.5 Å². The molecule has 134 valence electrons. The Morgan fingerprint density at radius 2 is 1.60 bits per heavy atom. The van der Waals surface area contributed by atoms with E-state index >= 15 is 0 Å². The molecule has 8 nitrogen and oxygen atoms in total. The van der Waals surface area contributed by atoms with E-state index in [1.165, 1.54) is 4.57 Å². The van der Waals surface area contributed by atoms with Crippen LogP contribution in [0, 0.1) is 0 Å². The van der Waals surface area contributed by atoms with Crippen LogP contribution in [0.3, 0.4) is 0 Å². The van der Waals surface area contributed by atoms with E-state index in [0.29, 0.717) is 32.7 Å². The van der Waals surface area contributed by atoms with E-state index in [0.717, 1.165) is 11.0 Å². The lowest BCUT2D eigenvalue weighted by Crippen LogP contribution is -2.51. The number of rotatable bonds is 5. The summed E-state index contributed by atoms with van der Waals surface area (Å²) in [5.74, 6) is -0.446. The van der Waals surface area contributed by atoms with E-state index in [9.17, 15) is 14.4 Å². The van der Waals surface area contributed by atoms with Gasteiger partial charge in [0.25, 0.3) is 0 Å². The summed E-state index contributed by atoms with van der Waals surface area (Å²) in [6, 6.07) is 7.51. The highest BCUT2D eigenvalue weighted by Gasteiger charge is 2.23. The Kier molecular flexibility index (Phi) is 4.89. The number of piperazine rings is 1. The lowest BCUT2D eigenvalue weighted by atomic mass is 10.3. The van der Waals surface area contributed by atoms with Crippen molar-refractivity contribution in [3.63, 3.8) is 0 Å². The number of nitrogens with two attached hydrogens (primary N) is 1. The lowest BCUT2D eigenvalue weighted by Gasteiger charge is -2.34. The van der Waals surface area contributed by atoms with E-state index in [-0.39, 0.29) is 30.6 Å². The molecule has 25 heavy (non-hydrogen) atoms. The number of primary amides is 1. The molecule has 0 saturated carbocycles. The number of para-hydroxylation sites is 2. The molecule has 2 N–H and O–H groups in total. The Hall–Kier alpha value is -2.61. The van der Waals surface area contributed by atoms with Gasteiger partial charge in [-0.3, -0.25) is 23.6 Å². The highest BCUT2D eigenvalue weighted by atomic mass is 16.2. The van der Waals surface area contributed by atoms with Crippen molar-refractivity contribution in [1.82, 2.24) is 18.9 Å². The van der Waals surface area contributed by atoms with Crippen molar-refractivity contribution in [3.05, 3.63) is 34.7 Å². The second-order valence-electron chi connectivity index (χ2n) is 6.22. The summed E-state index contributed by atoms with van der Waals surface area (Å²) < 4.78 is 3.21. The van der Waals surface area contributed by atoms with E-state index in [4.69, 9.17) is 5.73 Å². The van der Waals surface area contributed by atoms with Gasteiger partial charge in [-0.25, -0.2) is 4.79 Å². The number of aromatic nitrogens is 2. The largest absolute Gasteiger partial charge is 0.369 e. The van der Waals surface area contributed by atoms with Crippen molar-refractivity contribution >= 4 is 22.8 Å². The van der Waals surface area contributed by atoms with E-state index in [1.807, 2.05) is 36.1 Å². The van der Waals surface area contributed by atoms with Gasteiger partial charge in [0.2, 0.25) is 11.8 Å². The summed E-state index contributed by atoms with van der Waals surface area (Å²) in [7, 11) is 0. The monoisotopic (exact) mass is 345 g/mol. The average molecular weight is 345 g/mol. The zero-order chi connectivity index (χ0) is 18.0. The summed E-state index contributed by atoms with van der Waals surface area (Å²) in [5, 5.41) is 0. The summed E-state index contributed by atoms with van der Waals surface area (Å²) in [5.41, 5.74) is 6.66. The van der Waals surface area contributed by atoms with Crippen molar-refractivity contribution in [2.24, 2.45) is 5.73 Å². The van der Waals surface area contributed by atoms with Gasteiger partial charge >= 0.3 is 5.69 Å². The Labute approximate surface area is 145 Å². The van der Waals surface area contributed by atoms with Crippen LogP contribution >= 0.6 is 0 Å². The second kappa shape index (κ2) is 7.10. The molecule has 3 rings (SSSR count). The van der Waals surface area contributed by atoms with E-state index in [2.05, 4.69) is 0 Å². The number of amides is 2. The van der Waals surface area contributed by atoms with Crippen LogP contribution in [0.5, 0.6) is 0 Å². The molecule has 8 heteroatoms. The molecule has 1 aliphatic heterocycles. The molecule has 2 aromatic rings. The van der Waals surface area contributed by atoms with Crippen LogP contribution in [0.4, 0.5) is 0 Å². The molecule has 0 aliphatic carbocycles. The van der Waals surface area contributed by atoms with Gasteiger partial charge in [0.05, 0.1) is 17.6 Å². The number of nitrogens with zero attached hydrogens (tertiary/aromatic N) is 4. The van der Waals surface area contributed by atoms with Gasteiger partial charge < -0.3 is 10.6 Å². The summed E-state index contributed by atoms with van der Waals surface area (Å²) in [4.78, 5) is 39.9. The van der Waals surface area contributed by atoms with Crippen LogP contribution in [-0.2, 0) is 22.7 Å². The number of benzene rings is 1. The van der Waals surface area contributed by atoms with Gasteiger partial charge in [-0.2, -0.15) is 0 Å². The van der Waals surface area contributed by atoms with Crippen molar-refractivity contribution in [2.45, 2.75) is 20.0 Å². The molecule has 1 aromatic heterocycles. The van der Waals surface area contributed by atoms with Gasteiger partial charge in [0, 0.05) is 32.7 Å². The predicted molar refractivity (Wildman–Crippen MR) is 94.1 cm³/mol. The van der Waals surface area contributed by atoms with Crippen LogP contribution in [0.1, 0.15) is 6.92 Å². The smallest absolute Gasteiger partial charge is 0.329 e. The minimum atomic E-state index is -0.362. The normalized spacial score (nSPS) is 15.6. The predicted octanol–water partition coefficient (Wildman–Crippen LogP) is -0.548. The van der Waals surface area contributed by atoms with Gasteiger partial charge in [-0.1, -0.05) is 12.1 Å². The molecule has 0 unspecified atom stereocenters. The molecule has 1 aromatic carbocycles. The molecular weight excluding hydrogens is 322 g/mol. The molecule has 2 amide bonds. The lowest BCUT2D eigenvalue weighted by molar-refractivity contribution is -0.133. The number of fused-ring (bicyclic) bond motifs is 1. The van der Waals surface area contributed by atoms with Crippen LogP contribution in [0.25, 0.3) is 11.0 Å². The number of hydrogen-bond acceptors (Lipinski definition) is 4. The standard InChI is InChI=1S/C17H23N5O3/c1-2-21-13-5-3-4-6-14(13)22(17(21)25)12-16(24)20-9-7-19(8-10-20)11-15(18)23/h3-6H,2,7-12H2,1H3,(H2,18,23). The number of aryl methyl sites for hydroxylation is 1. The minimum absolute atomic E-state index is 0.0299. The molecule has 1 saturated heterocycles. The molecule has 0 spiro atoms. The Morgan fingerprint density at radius 3 is 2.16 bits per heavy atom.